The van der Waals surface area contributed by atoms with Crippen LogP contribution >= 0.6 is 0 Å². The predicted octanol–water partition coefficient (Wildman–Crippen LogP) is -0.663. The van der Waals surface area contributed by atoms with E-state index >= 15 is 0 Å². The molecule has 2 unspecified atom stereocenters. The van der Waals surface area contributed by atoms with Gasteiger partial charge in [0, 0.05) is 13.6 Å². The van der Waals surface area contributed by atoms with E-state index in [9.17, 15) is 9.59 Å². The molecule has 18 heavy (non-hydrogen) atoms. The molecule has 1 aliphatic heterocycles. The summed E-state index contributed by atoms with van der Waals surface area (Å²) in [6.45, 7) is 1.83. The molecule has 0 aromatic carbocycles. The van der Waals surface area contributed by atoms with Crippen LogP contribution in [0.15, 0.2) is 0 Å². The molecule has 0 bridgehead atoms. The van der Waals surface area contributed by atoms with Crippen LogP contribution in [0, 0.1) is 5.92 Å². The van der Waals surface area contributed by atoms with Crippen molar-refractivity contribution in [2.45, 2.75) is 12.5 Å². The van der Waals surface area contributed by atoms with Crippen LogP contribution in [0.4, 0.5) is 4.79 Å². The third-order valence-electron chi connectivity index (χ3n) is 3.07. The lowest BCUT2D eigenvalue weighted by Gasteiger charge is -2.26. The highest BCUT2D eigenvalue weighted by atomic mass is 16.5. The van der Waals surface area contributed by atoms with Crippen LogP contribution in [0.25, 0.3) is 0 Å². The fourth-order valence-electron chi connectivity index (χ4n) is 1.90. The molecule has 0 radical (unpaired) electrons. The van der Waals surface area contributed by atoms with Gasteiger partial charge < -0.3 is 25.4 Å². The van der Waals surface area contributed by atoms with E-state index in [1.165, 1.54) is 4.90 Å². The van der Waals surface area contributed by atoms with Crippen LogP contribution in [-0.4, -0.2) is 68.4 Å². The molecule has 0 aromatic heterocycles. The average molecular weight is 259 g/mol. The first-order valence-corrected chi connectivity index (χ1v) is 6.03. The Morgan fingerprint density at radius 2 is 2.11 bits per heavy atom. The summed E-state index contributed by atoms with van der Waals surface area (Å²) in [5.74, 6) is -1.56. The van der Waals surface area contributed by atoms with Gasteiger partial charge in [0.25, 0.3) is 0 Å². The SMILES string of the molecule is CNCCCNC(=O)N(C)C1COCC1C(=O)O. The van der Waals surface area contributed by atoms with Gasteiger partial charge >= 0.3 is 12.0 Å². The van der Waals surface area contributed by atoms with E-state index in [2.05, 4.69) is 10.6 Å². The van der Waals surface area contributed by atoms with Gasteiger partial charge in [-0.05, 0) is 20.0 Å². The lowest BCUT2D eigenvalue weighted by molar-refractivity contribution is -0.142. The number of hydrogen-bond acceptors (Lipinski definition) is 4. The smallest absolute Gasteiger partial charge is 0.317 e. The van der Waals surface area contributed by atoms with Crippen molar-refractivity contribution in [3.8, 4) is 0 Å². The summed E-state index contributed by atoms with van der Waals surface area (Å²) >= 11 is 0. The minimum Gasteiger partial charge on any atom is -0.481 e. The van der Waals surface area contributed by atoms with Crippen LogP contribution in [0.2, 0.25) is 0 Å². The maximum Gasteiger partial charge on any atom is 0.317 e. The Kier molecular flexibility index (Phi) is 5.87. The fraction of sp³-hybridized carbons (Fsp3) is 0.818. The van der Waals surface area contributed by atoms with Gasteiger partial charge in [-0.3, -0.25) is 4.79 Å². The van der Waals surface area contributed by atoms with E-state index in [0.717, 1.165) is 13.0 Å². The molecule has 1 heterocycles. The van der Waals surface area contributed by atoms with Gasteiger partial charge in [-0.15, -0.1) is 0 Å². The van der Waals surface area contributed by atoms with Gasteiger partial charge in [-0.1, -0.05) is 0 Å². The van der Waals surface area contributed by atoms with Gasteiger partial charge in [0.05, 0.1) is 19.3 Å². The zero-order valence-corrected chi connectivity index (χ0v) is 10.8. The van der Waals surface area contributed by atoms with Gasteiger partial charge in [0.2, 0.25) is 0 Å². The number of aliphatic carboxylic acids is 1. The molecular formula is C11H21N3O4. The predicted molar refractivity (Wildman–Crippen MR) is 65.4 cm³/mol. The third kappa shape index (κ3) is 3.85. The number of carbonyl (C=O) groups is 2. The average Bonchev–Trinajstić information content (AvgIpc) is 2.82. The van der Waals surface area contributed by atoms with Crippen LogP contribution in [0.1, 0.15) is 6.42 Å². The molecule has 1 saturated heterocycles. The van der Waals surface area contributed by atoms with Crippen LogP contribution in [0.3, 0.4) is 0 Å². The number of nitrogens with one attached hydrogen (secondary N) is 2. The molecule has 7 nitrogen and oxygen atoms in total. The molecule has 1 rings (SSSR count). The van der Waals surface area contributed by atoms with Gasteiger partial charge in [0.1, 0.15) is 5.92 Å². The first-order valence-electron chi connectivity index (χ1n) is 6.03. The second-order valence-electron chi connectivity index (χ2n) is 4.35. The standard InChI is InChI=1S/C11H21N3O4/c1-12-4-3-5-13-11(17)14(2)9-7-18-6-8(9)10(15)16/h8-9,12H,3-7H2,1-2H3,(H,13,17)(H,15,16). The minimum atomic E-state index is -0.924. The largest absolute Gasteiger partial charge is 0.481 e. The number of amides is 2. The van der Waals surface area contributed by atoms with E-state index in [-0.39, 0.29) is 19.2 Å². The highest BCUT2D eigenvalue weighted by Crippen LogP contribution is 2.18. The maximum absolute atomic E-state index is 11.8. The zero-order valence-electron chi connectivity index (χ0n) is 10.8. The number of urea groups is 1. The number of carboxylic acid groups (broad SMARTS) is 1. The van der Waals surface area contributed by atoms with Crippen LogP contribution in [0.5, 0.6) is 0 Å². The Labute approximate surface area is 106 Å². The number of carbonyl (C=O) groups excluding carboxylic acids is 1. The lowest BCUT2D eigenvalue weighted by Crippen LogP contribution is -2.48. The normalized spacial score (nSPS) is 22.8. The molecule has 2 atom stereocenters. The van der Waals surface area contributed by atoms with E-state index in [1.807, 2.05) is 7.05 Å². The summed E-state index contributed by atoms with van der Waals surface area (Å²) in [4.78, 5) is 24.2. The fourth-order valence-corrected chi connectivity index (χ4v) is 1.90. The van der Waals surface area contributed by atoms with E-state index in [0.29, 0.717) is 6.54 Å². The first-order chi connectivity index (χ1) is 8.57. The Morgan fingerprint density at radius 3 is 2.72 bits per heavy atom. The van der Waals surface area contributed by atoms with Crippen molar-refractivity contribution in [1.82, 2.24) is 15.5 Å². The van der Waals surface area contributed by atoms with Gasteiger partial charge in [0.15, 0.2) is 0 Å². The van der Waals surface area contributed by atoms with Crippen molar-refractivity contribution in [3.63, 3.8) is 0 Å². The van der Waals surface area contributed by atoms with Crippen molar-refractivity contribution in [2.75, 3.05) is 40.4 Å². The molecular weight excluding hydrogens is 238 g/mol. The number of carboxylic acids is 1. The van der Waals surface area contributed by atoms with Crippen molar-refractivity contribution in [3.05, 3.63) is 0 Å². The third-order valence-corrected chi connectivity index (χ3v) is 3.07. The molecule has 1 fully saturated rings. The number of nitrogens with zero attached hydrogens (tertiary/aromatic N) is 1. The summed E-state index contributed by atoms with van der Waals surface area (Å²) in [6.07, 6.45) is 0.833. The van der Waals surface area contributed by atoms with Crippen molar-refractivity contribution in [2.24, 2.45) is 5.92 Å². The van der Waals surface area contributed by atoms with Crippen molar-refractivity contribution < 1.29 is 19.4 Å². The van der Waals surface area contributed by atoms with E-state index in [1.54, 1.807) is 7.05 Å². The summed E-state index contributed by atoms with van der Waals surface area (Å²) in [7, 11) is 3.45. The lowest BCUT2D eigenvalue weighted by atomic mass is 10.0. The molecule has 3 N–H and O–H groups in total. The molecule has 0 saturated carbocycles. The number of rotatable bonds is 6. The first kappa shape index (κ1) is 14.7. The van der Waals surface area contributed by atoms with Gasteiger partial charge in [-0.25, -0.2) is 4.79 Å². The minimum absolute atomic E-state index is 0.164. The molecule has 0 spiro atoms. The Hall–Kier alpha value is -1.34. The molecule has 104 valence electrons. The van der Waals surface area contributed by atoms with Crippen molar-refractivity contribution >= 4 is 12.0 Å². The second kappa shape index (κ2) is 7.17. The van der Waals surface area contributed by atoms with Crippen molar-refractivity contribution in [1.29, 1.82) is 0 Å². The number of likely N-dealkylation sites (N-methyl/N-ethyl adjacent to an activating group) is 1. The molecule has 2 amide bonds. The number of hydrogen-bond donors (Lipinski definition) is 3. The highest BCUT2D eigenvalue weighted by Gasteiger charge is 2.38. The molecule has 1 aliphatic rings. The van der Waals surface area contributed by atoms with Crippen LogP contribution < -0.4 is 10.6 Å². The molecule has 0 aromatic rings. The second-order valence-corrected chi connectivity index (χ2v) is 4.35. The monoisotopic (exact) mass is 259 g/mol. The quantitative estimate of drug-likeness (QED) is 0.551. The zero-order chi connectivity index (χ0) is 13.5. The van der Waals surface area contributed by atoms with E-state index in [4.69, 9.17) is 9.84 Å². The summed E-state index contributed by atoms with van der Waals surface area (Å²) in [5.41, 5.74) is 0. The topological polar surface area (TPSA) is 90.9 Å². The molecule has 7 heteroatoms. The Balaban J connectivity index is 2.40. The summed E-state index contributed by atoms with van der Waals surface area (Å²) < 4.78 is 5.13. The van der Waals surface area contributed by atoms with Crippen LogP contribution in [-0.2, 0) is 9.53 Å². The molecule has 0 aliphatic carbocycles. The maximum atomic E-state index is 11.8. The Morgan fingerprint density at radius 1 is 1.39 bits per heavy atom. The summed E-state index contributed by atoms with van der Waals surface area (Å²) in [6, 6.07) is -0.653. The Bertz CT molecular complexity index is 298. The highest BCUT2D eigenvalue weighted by molar-refractivity contribution is 5.77. The van der Waals surface area contributed by atoms with E-state index < -0.39 is 17.9 Å². The number of ether oxygens (including phenoxy) is 1. The summed E-state index contributed by atoms with van der Waals surface area (Å²) in [5, 5.41) is 14.8. The van der Waals surface area contributed by atoms with Gasteiger partial charge in [-0.2, -0.15) is 0 Å².